The first-order valence-corrected chi connectivity index (χ1v) is 9.07. The number of nitrogens with zero attached hydrogens (tertiary/aromatic N) is 2. The summed E-state index contributed by atoms with van der Waals surface area (Å²) in [5.74, 6) is 1.03. The second kappa shape index (κ2) is 7.24. The molecule has 1 unspecified atom stereocenters. The van der Waals surface area contributed by atoms with E-state index in [1.807, 2.05) is 0 Å². The second-order valence-corrected chi connectivity index (χ2v) is 6.99. The molecule has 0 aliphatic carbocycles. The highest BCUT2D eigenvalue weighted by molar-refractivity contribution is 7.34. The summed E-state index contributed by atoms with van der Waals surface area (Å²) in [5.41, 5.74) is 0.737. The van der Waals surface area contributed by atoms with Crippen LogP contribution >= 0.6 is 8.46 Å². The minimum atomic E-state index is -4.40. The Balaban J connectivity index is 2.04. The molecule has 0 radical (unpaired) electrons. The van der Waals surface area contributed by atoms with E-state index in [2.05, 4.69) is 15.3 Å². The molecule has 1 N–H and O–H groups in total. The Hall–Kier alpha value is -2.53. The van der Waals surface area contributed by atoms with E-state index in [1.165, 1.54) is 13.0 Å². The van der Waals surface area contributed by atoms with Crippen LogP contribution in [0.3, 0.4) is 0 Å². The highest BCUT2D eigenvalue weighted by Gasteiger charge is 2.33. The van der Waals surface area contributed by atoms with Gasteiger partial charge in [0.15, 0.2) is 8.46 Å². The molecular weight excluding hydrogens is 374 g/mol. The van der Waals surface area contributed by atoms with Gasteiger partial charge in [0.1, 0.15) is 11.6 Å². The number of fused-ring (bicyclic) bond motifs is 1. The summed E-state index contributed by atoms with van der Waals surface area (Å²) in [6.45, 7) is 4.99. The van der Waals surface area contributed by atoms with E-state index in [0.717, 1.165) is 6.07 Å². The number of rotatable bonds is 4. The number of alkyl halides is 3. The molecule has 0 saturated heterocycles. The number of anilines is 1. The molecule has 1 heterocycles. The summed E-state index contributed by atoms with van der Waals surface area (Å²) in [7, 11) is -0.126. The van der Waals surface area contributed by atoms with Crippen LogP contribution < -0.4 is 10.6 Å². The van der Waals surface area contributed by atoms with Gasteiger partial charge in [-0.2, -0.15) is 13.2 Å². The third-order valence-corrected chi connectivity index (χ3v) is 4.89. The van der Waals surface area contributed by atoms with Gasteiger partial charge in [-0.1, -0.05) is 12.1 Å². The van der Waals surface area contributed by atoms with Gasteiger partial charge in [0, 0.05) is 10.7 Å². The normalized spacial score (nSPS) is 13.1. The van der Waals surface area contributed by atoms with Crippen molar-refractivity contribution in [2.75, 3.05) is 5.32 Å². The van der Waals surface area contributed by atoms with Crippen molar-refractivity contribution >= 4 is 30.5 Å². The molecule has 140 valence electrons. The van der Waals surface area contributed by atoms with Crippen LogP contribution in [-0.2, 0) is 10.7 Å². The van der Waals surface area contributed by atoms with Crippen molar-refractivity contribution in [2.24, 2.45) is 0 Å². The third kappa shape index (κ3) is 3.93. The number of aryl methyl sites for hydroxylation is 1. The molecule has 8 heteroatoms. The van der Waals surface area contributed by atoms with Gasteiger partial charge in [-0.25, -0.2) is 9.97 Å². The molecule has 0 bridgehead atoms. The zero-order valence-electron chi connectivity index (χ0n) is 14.9. The summed E-state index contributed by atoms with van der Waals surface area (Å²) in [4.78, 5) is 8.74. The van der Waals surface area contributed by atoms with E-state index in [4.69, 9.17) is 0 Å². The Kier molecular flexibility index (Phi) is 5.16. The summed E-state index contributed by atoms with van der Waals surface area (Å²) in [6, 6.07) is 8.88. The van der Waals surface area contributed by atoms with Gasteiger partial charge < -0.3 is 5.32 Å². The predicted molar refractivity (Wildman–Crippen MR) is 99.7 cm³/mol. The lowest BCUT2D eigenvalue weighted by molar-refractivity contribution is -0.138. The fourth-order valence-electron chi connectivity index (χ4n) is 3.11. The van der Waals surface area contributed by atoms with Crippen LogP contribution in [0, 0.1) is 13.8 Å². The van der Waals surface area contributed by atoms with Crippen molar-refractivity contribution in [1.82, 2.24) is 9.97 Å². The summed E-state index contributed by atoms with van der Waals surface area (Å²) in [5, 5.41) is 4.42. The molecule has 4 nitrogen and oxygen atoms in total. The molecule has 0 fully saturated rings. The molecule has 27 heavy (non-hydrogen) atoms. The van der Waals surface area contributed by atoms with Crippen molar-refractivity contribution in [3.05, 3.63) is 58.9 Å². The second-order valence-electron chi connectivity index (χ2n) is 6.30. The molecule has 0 aliphatic heterocycles. The minimum Gasteiger partial charge on any atom is -0.363 e. The van der Waals surface area contributed by atoms with E-state index in [9.17, 15) is 17.7 Å². The van der Waals surface area contributed by atoms with Crippen LogP contribution in [0.25, 0.3) is 10.9 Å². The van der Waals surface area contributed by atoms with Crippen LogP contribution in [0.1, 0.15) is 35.5 Å². The number of hydrogen-bond donors (Lipinski definition) is 1. The van der Waals surface area contributed by atoms with Crippen LogP contribution in [0.2, 0.25) is 0 Å². The number of nitrogens with one attached hydrogen (secondary N) is 1. The standard InChI is InChI=1S/C19H17F3N3OP/c1-10-14(5-4-6-16(10)19(20,21)22)11(2)23-18-15-9-13(27-26)7-8-17(15)24-12(3)25-18/h4-9,11H,1-3H3,(H,23,24,25). The molecular formula is C19H17F3N3OP. The lowest BCUT2D eigenvalue weighted by atomic mass is 9.97. The lowest BCUT2D eigenvalue weighted by Crippen LogP contribution is -2.14. The highest BCUT2D eigenvalue weighted by Crippen LogP contribution is 2.35. The maximum atomic E-state index is 13.2. The highest BCUT2D eigenvalue weighted by atomic mass is 31.1. The van der Waals surface area contributed by atoms with Crippen molar-refractivity contribution in [1.29, 1.82) is 0 Å². The summed E-state index contributed by atoms with van der Waals surface area (Å²) < 4.78 is 50.8. The van der Waals surface area contributed by atoms with Gasteiger partial charge in [0.05, 0.1) is 17.1 Å². The van der Waals surface area contributed by atoms with Gasteiger partial charge in [0.2, 0.25) is 0 Å². The maximum Gasteiger partial charge on any atom is 0.416 e. The predicted octanol–water partition coefficient (Wildman–Crippen LogP) is 5.36. The average molecular weight is 391 g/mol. The number of hydrogen-bond acceptors (Lipinski definition) is 4. The van der Waals surface area contributed by atoms with Crippen LogP contribution in [0.5, 0.6) is 0 Å². The zero-order valence-corrected chi connectivity index (χ0v) is 15.8. The number of benzene rings is 2. The molecule has 0 saturated carbocycles. The van der Waals surface area contributed by atoms with Gasteiger partial charge in [-0.05, 0) is 56.2 Å². The van der Waals surface area contributed by atoms with Crippen molar-refractivity contribution in [3.63, 3.8) is 0 Å². The fourth-order valence-corrected chi connectivity index (χ4v) is 3.43. The Morgan fingerprint density at radius 1 is 1.11 bits per heavy atom. The Morgan fingerprint density at radius 2 is 1.85 bits per heavy atom. The van der Waals surface area contributed by atoms with Gasteiger partial charge in [0.25, 0.3) is 0 Å². The first-order valence-electron chi connectivity index (χ1n) is 8.25. The Labute approximate surface area is 156 Å². The smallest absolute Gasteiger partial charge is 0.363 e. The molecule has 0 spiro atoms. The van der Waals surface area contributed by atoms with Gasteiger partial charge in [-0.3, -0.25) is 4.57 Å². The van der Waals surface area contributed by atoms with Crippen molar-refractivity contribution < 1.29 is 17.7 Å². The molecule has 1 atom stereocenters. The first-order chi connectivity index (χ1) is 12.7. The topological polar surface area (TPSA) is 54.9 Å². The zero-order chi connectivity index (χ0) is 19.8. The molecule has 1 aromatic heterocycles. The lowest BCUT2D eigenvalue weighted by Gasteiger charge is -2.21. The van der Waals surface area contributed by atoms with E-state index >= 15 is 0 Å². The monoisotopic (exact) mass is 391 g/mol. The van der Waals surface area contributed by atoms with Crippen LogP contribution in [0.4, 0.5) is 19.0 Å². The SMILES string of the molecule is Cc1nc(NC(C)c2cccc(C(F)(F)F)c2C)c2cc(P=O)ccc2n1. The van der Waals surface area contributed by atoms with Gasteiger partial charge in [-0.15, -0.1) is 0 Å². The summed E-state index contributed by atoms with van der Waals surface area (Å²) in [6.07, 6.45) is -4.40. The number of halogens is 3. The molecule has 2 aromatic carbocycles. The molecule has 0 amide bonds. The van der Waals surface area contributed by atoms with E-state index < -0.39 is 17.8 Å². The van der Waals surface area contributed by atoms with Crippen molar-refractivity contribution in [3.8, 4) is 0 Å². The Morgan fingerprint density at radius 3 is 2.52 bits per heavy atom. The molecule has 0 aliphatic rings. The molecule has 3 aromatic rings. The Bertz CT molecular complexity index is 1020. The van der Waals surface area contributed by atoms with Crippen LogP contribution in [0.15, 0.2) is 36.4 Å². The third-order valence-electron chi connectivity index (χ3n) is 4.40. The maximum absolute atomic E-state index is 13.2. The fraction of sp³-hybridized carbons (Fsp3) is 0.263. The first kappa shape index (κ1) is 19.2. The number of aromatic nitrogens is 2. The quantitative estimate of drug-likeness (QED) is 0.609. The van der Waals surface area contributed by atoms with E-state index in [0.29, 0.717) is 33.4 Å². The largest absolute Gasteiger partial charge is 0.416 e. The van der Waals surface area contributed by atoms with Gasteiger partial charge >= 0.3 is 6.18 Å². The minimum absolute atomic E-state index is 0.126. The van der Waals surface area contributed by atoms with Crippen LogP contribution in [-0.4, -0.2) is 9.97 Å². The summed E-state index contributed by atoms with van der Waals surface area (Å²) >= 11 is 0. The van der Waals surface area contributed by atoms with E-state index in [1.54, 1.807) is 38.1 Å². The molecule has 3 rings (SSSR count). The van der Waals surface area contributed by atoms with Crippen molar-refractivity contribution in [2.45, 2.75) is 33.0 Å². The average Bonchev–Trinajstić information content (AvgIpc) is 2.60. The van der Waals surface area contributed by atoms with E-state index in [-0.39, 0.29) is 14.0 Å².